The fourth-order valence-electron chi connectivity index (χ4n) is 2.08. The Morgan fingerprint density at radius 2 is 1.75 bits per heavy atom. The lowest BCUT2D eigenvalue weighted by Gasteiger charge is -2.35. The molecule has 1 heteroatoms. The topological polar surface area (TPSA) is 3.24 Å². The second kappa shape index (κ2) is 3.78. The van der Waals surface area contributed by atoms with Crippen molar-refractivity contribution in [2.75, 3.05) is 13.6 Å². The molecule has 1 spiro atoms. The summed E-state index contributed by atoms with van der Waals surface area (Å²) in [5, 5.41) is 0. The molecule has 1 aliphatic carbocycles. The fourth-order valence-corrected chi connectivity index (χ4v) is 2.08. The zero-order valence-electron chi connectivity index (χ0n) is 9.06. The van der Waals surface area contributed by atoms with Crippen molar-refractivity contribution in [3.63, 3.8) is 0 Å². The summed E-state index contributed by atoms with van der Waals surface area (Å²) in [4.78, 5) is 2.52. The normalized spacial score (nSPS) is 32.5. The predicted molar refractivity (Wildman–Crippen MR) is 54.3 cm³/mol. The molecule has 1 aliphatic heterocycles. The summed E-state index contributed by atoms with van der Waals surface area (Å²) in [5.41, 5.74) is 0.807. The largest absolute Gasteiger partial charge is 0.303 e. The predicted octanol–water partition coefficient (Wildman–Crippen LogP) is 2.91. The molecular formula is C11H23N. The lowest BCUT2D eigenvalue weighted by Crippen LogP contribution is -2.39. The van der Waals surface area contributed by atoms with E-state index in [0.717, 1.165) is 11.5 Å². The highest BCUT2D eigenvalue weighted by atomic mass is 15.1. The van der Waals surface area contributed by atoms with Crippen molar-refractivity contribution in [1.29, 1.82) is 0 Å². The van der Waals surface area contributed by atoms with Gasteiger partial charge in [-0.3, -0.25) is 0 Å². The molecule has 0 aromatic carbocycles. The number of likely N-dealkylation sites (tertiary alicyclic amines) is 1. The monoisotopic (exact) mass is 169 g/mol. The molecule has 1 unspecified atom stereocenters. The maximum atomic E-state index is 2.52. The van der Waals surface area contributed by atoms with Crippen LogP contribution in [0.5, 0.6) is 0 Å². The van der Waals surface area contributed by atoms with Gasteiger partial charge in [0.05, 0.1) is 0 Å². The van der Waals surface area contributed by atoms with Gasteiger partial charge in [-0.05, 0) is 45.1 Å². The van der Waals surface area contributed by atoms with E-state index >= 15 is 0 Å². The summed E-state index contributed by atoms with van der Waals surface area (Å²) in [6.45, 7) is 7.71. The first-order valence-corrected chi connectivity index (χ1v) is 5.42. The molecule has 2 fully saturated rings. The van der Waals surface area contributed by atoms with Crippen LogP contribution in [0, 0.1) is 5.41 Å². The van der Waals surface area contributed by atoms with Gasteiger partial charge in [0, 0.05) is 12.6 Å². The Morgan fingerprint density at radius 1 is 1.17 bits per heavy atom. The first-order chi connectivity index (χ1) is 5.72. The first kappa shape index (κ1) is 10.0. The van der Waals surface area contributed by atoms with Crippen LogP contribution in [0.3, 0.4) is 0 Å². The highest BCUT2D eigenvalue weighted by Crippen LogP contribution is 2.52. The maximum absolute atomic E-state index is 2.52. The van der Waals surface area contributed by atoms with E-state index in [0.29, 0.717) is 0 Å². The first-order valence-electron chi connectivity index (χ1n) is 5.42. The summed E-state index contributed by atoms with van der Waals surface area (Å²) in [5.74, 6) is 0. The Bertz CT molecular complexity index is 138. The van der Waals surface area contributed by atoms with Crippen LogP contribution in [-0.2, 0) is 0 Å². The van der Waals surface area contributed by atoms with Crippen LogP contribution in [0.15, 0.2) is 0 Å². The van der Waals surface area contributed by atoms with Crippen LogP contribution in [0.25, 0.3) is 0 Å². The average molecular weight is 169 g/mol. The summed E-state index contributed by atoms with van der Waals surface area (Å²) in [6.07, 6.45) is 5.93. The zero-order chi connectivity index (χ0) is 9.19. The van der Waals surface area contributed by atoms with E-state index in [1.165, 1.54) is 32.2 Å². The molecule has 72 valence electrons. The minimum absolute atomic E-state index is 0.807. The van der Waals surface area contributed by atoms with E-state index in [-0.39, 0.29) is 0 Å². The van der Waals surface area contributed by atoms with Gasteiger partial charge in [-0.25, -0.2) is 0 Å². The SMILES string of the molecule is CC.CC1CCC2(CC2)CN1C. The number of nitrogens with zero attached hydrogens (tertiary/aromatic N) is 1. The van der Waals surface area contributed by atoms with Crippen molar-refractivity contribution < 1.29 is 0 Å². The molecule has 1 nitrogen and oxygen atoms in total. The molecule has 1 heterocycles. The van der Waals surface area contributed by atoms with Gasteiger partial charge in [0.15, 0.2) is 0 Å². The van der Waals surface area contributed by atoms with Crippen LogP contribution in [0.4, 0.5) is 0 Å². The lowest BCUT2D eigenvalue weighted by molar-refractivity contribution is 0.136. The molecule has 1 saturated heterocycles. The molecular weight excluding hydrogens is 146 g/mol. The van der Waals surface area contributed by atoms with E-state index in [4.69, 9.17) is 0 Å². The van der Waals surface area contributed by atoms with E-state index < -0.39 is 0 Å². The molecule has 0 amide bonds. The number of hydrogen-bond donors (Lipinski definition) is 0. The Labute approximate surface area is 77.1 Å². The third-order valence-corrected chi connectivity index (χ3v) is 3.39. The van der Waals surface area contributed by atoms with Crippen LogP contribution in [-0.4, -0.2) is 24.5 Å². The number of rotatable bonds is 0. The minimum atomic E-state index is 0.807. The Morgan fingerprint density at radius 3 is 2.17 bits per heavy atom. The van der Waals surface area contributed by atoms with Gasteiger partial charge < -0.3 is 4.90 Å². The van der Waals surface area contributed by atoms with Crippen LogP contribution in [0.1, 0.15) is 46.5 Å². The Balaban J connectivity index is 0.000000336. The van der Waals surface area contributed by atoms with Gasteiger partial charge in [0.2, 0.25) is 0 Å². The summed E-state index contributed by atoms with van der Waals surface area (Å²) in [6, 6.07) is 0.839. The maximum Gasteiger partial charge on any atom is 0.00643 e. The van der Waals surface area contributed by atoms with Gasteiger partial charge in [-0.15, -0.1) is 0 Å². The quantitative estimate of drug-likeness (QED) is 0.539. The molecule has 1 atom stereocenters. The van der Waals surface area contributed by atoms with Gasteiger partial charge in [-0.2, -0.15) is 0 Å². The second-order valence-electron chi connectivity index (χ2n) is 4.30. The molecule has 0 aromatic rings. The zero-order valence-corrected chi connectivity index (χ0v) is 9.06. The molecule has 0 bridgehead atoms. The van der Waals surface area contributed by atoms with Crippen molar-refractivity contribution in [3.8, 4) is 0 Å². The van der Waals surface area contributed by atoms with Gasteiger partial charge in [0.25, 0.3) is 0 Å². The number of piperidine rings is 1. The van der Waals surface area contributed by atoms with Crippen LogP contribution >= 0.6 is 0 Å². The smallest absolute Gasteiger partial charge is 0.00643 e. The third-order valence-electron chi connectivity index (χ3n) is 3.39. The second-order valence-corrected chi connectivity index (χ2v) is 4.30. The van der Waals surface area contributed by atoms with E-state index in [1.807, 2.05) is 13.8 Å². The molecule has 0 N–H and O–H groups in total. The fraction of sp³-hybridized carbons (Fsp3) is 1.00. The van der Waals surface area contributed by atoms with Crippen molar-refractivity contribution in [3.05, 3.63) is 0 Å². The minimum Gasteiger partial charge on any atom is -0.303 e. The number of hydrogen-bond acceptors (Lipinski definition) is 1. The van der Waals surface area contributed by atoms with E-state index in [2.05, 4.69) is 18.9 Å². The van der Waals surface area contributed by atoms with Crippen molar-refractivity contribution in [2.45, 2.75) is 52.5 Å². The average Bonchev–Trinajstić information content (AvgIpc) is 2.83. The van der Waals surface area contributed by atoms with Crippen molar-refractivity contribution in [2.24, 2.45) is 5.41 Å². The summed E-state index contributed by atoms with van der Waals surface area (Å²) < 4.78 is 0. The Kier molecular flexibility index (Phi) is 3.16. The van der Waals surface area contributed by atoms with E-state index in [1.54, 1.807) is 0 Å². The molecule has 0 radical (unpaired) electrons. The Hall–Kier alpha value is -0.0400. The molecule has 12 heavy (non-hydrogen) atoms. The summed E-state index contributed by atoms with van der Waals surface area (Å²) >= 11 is 0. The van der Waals surface area contributed by atoms with Gasteiger partial charge in [0.1, 0.15) is 0 Å². The van der Waals surface area contributed by atoms with Gasteiger partial charge >= 0.3 is 0 Å². The highest BCUT2D eigenvalue weighted by Gasteiger charge is 2.45. The van der Waals surface area contributed by atoms with Crippen molar-refractivity contribution >= 4 is 0 Å². The summed E-state index contributed by atoms with van der Waals surface area (Å²) in [7, 11) is 2.27. The third kappa shape index (κ3) is 2.01. The van der Waals surface area contributed by atoms with E-state index in [9.17, 15) is 0 Å². The van der Waals surface area contributed by atoms with Crippen molar-refractivity contribution in [1.82, 2.24) is 4.90 Å². The standard InChI is InChI=1S/C9H17N.C2H6/c1-8-3-4-9(5-6-9)7-10(8)2;1-2/h8H,3-7H2,1-2H3;1-2H3. The highest BCUT2D eigenvalue weighted by molar-refractivity contribution is 4.98. The molecule has 0 aromatic heterocycles. The lowest BCUT2D eigenvalue weighted by atomic mass is 9.91. The van der Waals surface area contributed by atoms with Gasteiger partial charge in [-0.1, -0.05) is 13.8 Å². The molecule has 2 aliphatic rings. The van der Waals surface area contributed by atoms with Crippen LogP contribution < -0.4 is 0 Å². The van der Waals surface area contributed by atoms with Crippen LogP contribution in [0.2, 0.25) is 0 Å². The molecule has 2 rings (SSSR count). The molecule has 1 saturated carbocycles.